The van der Waals surface area contributed by atoms with Gasteiger partial charge in [-0.2, -0.15) is 0 Å². The second kappa shape index (κ2) is 25.0. The summed E-state index contributed by atoms with van der Waals surface area (Å²) in [4.78, 5) is 8.63. The molecule has 4 aromatic carbocycles. The molecule has 0 saturated heterocycles. The van der Waals surface area contributed by atoms with Gasteiger partial charge in [-0.15, -0.1) is 46.2 Å². The van der Waals surface area contributed by atoms with Crippen molar-refractivity contribution in [2.75, 3.05) is 59.7 Å². The van der Waals surface area contributed by atoms with Crippen molar-refractivity contribution in [2.24, 2.45) is 0 Å². The number of hydrogen-bond donors (Lipinski definition) is 0. The van der Waals surface area contributed by atoms with Crippen molar-refractivity contribution in [3.8, 4) is 23.0 Å². The van der Waals surface area contributed by atoms with Gasteiger partial charge in [-0.3, -0.25) is 0 Å². The molecule has 304 valence electrons. The Morgan fingerprint density at radius 1 is 0.375 bits per heavy atom. The molecule has 0 N–H and O–H groups in total. The Bertz CT molecular complexity index is 1580. The zero-order valence-corrected chi connectivity index (χ0v) is 39.6. The third kappa shape index (κ3) is 17.1. The summed E-state index contributed by atoms with van der Waals surface area (Å²) in [5, 5.41) is 49.3. The van der Waals surface area contributed by atoms with Crippen LogP contribution in [-0.2, 0) is 52.4 Å². The van der Waals surface area contributed by atoms with Crippen molar-refractivity contribution < 1.29 is 46.6 Å². The molecule has 0 atom stereocenters. The van der Waals surface area contributed by atoms with Gasteiger partial charge in [0.05, 0.1) is 5.34 Å². The molecule has 0 spiro atoms. The molecule has 8 nitrogen and oxygen atoms in total. The predicted octanol–water partition coefficient (Wildman–Crippen LogP) is 6.68. The number of halogens is 2. The molecule has 56 heavy (non-hydrogen) atoms. The minimum absolute atomic E-state index is 0. The number of rotatable bonds is 14. The number of nitrogens with zero attached hydrogens (tertiary/aromatic N) is 4. The number of benzene rings is 4. The van der Waals surface area contributed by atoms with E-state index in [1.165, 1.54) is 0 Å². The third-order valence-corrected chi connectivity index (χ3v) is 9.47. The zero-order valence-electron chi connectivity index (χ0n) is 35.7. The van der Waals surface area contributed by atoms with Crippen LogP contribution in [0.15, 0.2) is 48.5 Å². The first-order valence-corrected chi connectivity index (χ1v) is 19.8. The van der Waals surface area contributed by atoms with Gasteiger partial charge in [-0.1, -0.05) is 93.0 Å². The van der Waals surface area contributed by atoms with Crippen LogP contribution >= 0.6 is 23.2 Å². The van der Waals surface area contributed by atoms with Crippen LogP contribution in [0.2, 0.25) is 0 Å². The van der Waals surface area contributed by atoms with Crippen LogP contribution in [0.25, 0.3) is 0 Å². The van der Waals surface area contributed by atoms with E-state index in [1.807, 2.05) is 132 Å². The van der Waals surface area contributed by atoms with Crippen molar-refractivity contribution in [3.63, 3.8) is 0 Å². The molecule has 0 aliphatic rings. The fourth-order valence-electron chi connectivity index (χ4n) is 6.80. The van der Waals surface area contributed by atoms with Crippen LogP contribution in [0.5, 0.6) is 23.0 Å². The van der Waals surface area contributed by atoms with E-state index in [4.69, 9.17) is 23.2 Å². The Hall–Kier alpha value is -2.62. The molecule has 11 heteroatoms. The number of likely N-dealkylation sites (N-methyl/N-ethyl adjacent to an activating group) is 4. The Morgan fingerprint density at radius 2 is 0.536 bits per heavy atom. The van der Waals surface area contributed by atoms with Crippen LogP contribution < -0.4 is 20.4 Å². The summed E-state index contributed by atoms with van der Waals surface area (Å²) in [7, 11) is 8.11. The van der Waals surface area contributed by atoms with Crippen molar-refractivity contribution in [1.29, 1.82) is 0 Å². The van der Waals surface area contributed by atoms with E-state index < -0.39 is 0 Å². The second-order valence-corrected chi connectivity index (χ2v) is 16.1. The van der Waals surface area contributed by atoms with Crippen molar-refractivity contribution in [2.45, 2.75) is 81.6 Å². The fourth-order valence-corrected chi connectivity index (χ4v) is 6.80. The van der Waals surface area contributed by atoms with E-state index in [9.17, 15) is 20.4 Å². The Balaban J connectivity index is 0.000000515. The van der Waals surface area contributed by atoms with Crippen LogP contribution in [-0.4, -0.2) is 79.3 Å². The van der Waals surface area contributed by atoms with Crippen LogP contribution in [0.3, 0.4) is 0 Å². The molecular weight excluding hydrogens is 823 g/mol. The van der Waals surface area contributed by atoms with E-state index in [2.05, 4.69) is 19.6 Å². The summed E-state index contributed by atoms with van der Waals surface area (Å²) < 4.78 is 0. The smallest absolute Gasteiger partial charge is 0.872 e. The normalized spacial score (nSPS) is 11.0. The summed E-state index contributed by atoms with van der Waals surface area (Å²) in [6.07, 6.45) is 0. The average Bonchev–Trinajstić information content (AvgIpc) is 3.09. The monoisotopic (exact) mass is 882 g/mol. The summed E-state index contributed by atoms with van der Waals surface area (Å²) in [6.45, 7) is 21.5. The topological polar surface area (TPSA) is 105 Å². The molecule has 0 aliphatic carbocycles. The molecule has 0 aromatic heterocycles. The predicted molar refractivity (Wildman–Crippen MR) is 223 cm³/mol. The van der Waals surface area contributed by atoms with Gasteiger partial charge in [0.2, 0.25) is 0 Å². The van der Waals surface area contributed by atoms with Crippen LogP contribution in [0.4, 0.5) is 0 Å². The number of alkyl halides is 2. The maximum Gasteiger partial charge on any atom is 4.00 e. The first-order chi connectivity index (χ1) is 25.7. The van der Waals surface area contributed by atoms with Crippen molar-refractivity contribution >= 4 is 23.2 Å². The van der Waals surface area contributed by atoms with Gasteiger partial charge in [-0.25, -0.2) is 0 Å². The molecule has 0 unspecified atom stereocenters. The zero-order chi connectivity index (χ0) is 41.6. The van der Waals surface area contributed by atoms with E-state index >= 15 is 0 Å². The SMILES string of the molecule is Cc1cc(C)c([O-])c(CN(C)CCN(C)Cc2cc(C)cc(C)c2[O-])c1.Cc1cc(C)c([O-])c(CN(C)CCN(C)Cc2cc(C)cc(C)c2[O-])c1.ClCCl.[Zr+4]. The van der Waals surface area contributed by atoms with Gasteiger partial charge in [0.15, 0.2) is 0 Å². The molecule has 0 amide bonds. The summed E-state index contributed by atoms with van der Waals surface area (Å²) in [5.41, 5.74) is 11.1. The van der Waals surface area contributed by atoms with Gasteiger partial charge in [-0.05, 0) is 106 Å². The molecule has 0 saturated carbocycles. The van der Waals surface area contributed by atoms with Crippen LogP contribution in [0.1, 0.15) is 66.8 Å². The van der Waals surface area contributed by atoms with E-state index in [0.29, 0.717) is 26.2 Å². The van der Waals surface area contributed by atoms with Gasteiger partial charge < -0.3 is 40.0 Å². The summed E-state index contributed by atoms with van der Waals surface area (Å²) >= 11 is 9.53. The fraction of sp³-hybridized carbons (Fsp3) is 0.467. The van der Waals surface area contributed by atoms with Crippen LogP contribution in [0, 0.1) is 55.4 Å². The Morgan fingerprint density at radius 3 is 0.696 bits per heavy atom. The molecule has 0 radical (unpaired) electrons. The van der Waals surface area contributed by atoms with Crippen molar-refractivity contribution in [1.82, 2.24) is 19.6 Å². The minimum atomic E-state index is 0. The van der Waals surface area contributed by atoms with Gasteiger partial charge >= 0.3 is 26.2 Å². The first-order valence-electron chi connectivity index (χ1n) is 18.7. The van der Waals surface area contributed by atoms with Gasteiger partial charge in [0, 0.05) is 52.4 Å². The van der Waals surface area contributed by atoms with E-state index in [1.54, 1.807) is 0 Å². The molecule has 4 rings (SSSR count). The first kappa shape index (κ1) is 51.4. The molecular formula is C45H62Cl2N4O4Zr. The minimum Gasteiger partial charge on any atom is -0.872 e. The molecule has 0 bridgehead atoms. The molecule has 4 aromatic rings. The van der Waals surface area contributed by atoms with Gasteiger partial charge in [0.1, 0.15) is 0 Å². The second-order valence-electron chi connectivity index (χ2n) is 15.3. The average molecular weight is 885 g/mol. The molecule has 0 heterocycles. The summed E-state index contributed by atoms with van der Waals surface area (Å²) in [6, 6.07) is 15.7. The quantitative estimate of drug-likeness (QED) is 0.129. The maximum absolute atomic E-state index is 12.3. The number of aryl methyl sites for hydroxylation is 8. The van der Waals surface area contributed by atoms with Crippen molar-refractivity contribution in [3.05, 3.63) is 115 Å². The van der Waals surface area contributed by atoms with E-state index in [-0.39, 0.29) is 54.5 Å². The Labute approximate surface area is 366 Å². The molecule has 0 fully saturated rings. The third-order valence-electron chi connectivity index (χ3n) is 9.47. The van der Waals surface area contributed by atoms with E-state index in [0.717, 1.165) is 92.9 Å². The Kier molecular flexibility index (Phi) is 22.9. The molecule has 0 aliphatic heterocycles. The number of hydrogen-bond acceptors (Lipinski definition) is 8. The standard InChI is InChI=1S/2C22H32N2O2.CH2Cl2.Zr/c2*1-15-9-17(3)21(25)19(11-15)13-23(5)7-8-24(6)14-20-12-16(2)10-18(4)22(20)26;2-1-3;/h2*9-12,25-26H,7-8,13-14H2,1-6H3;1H2;/q;;;+4/p-4. The largest absolute Gasteiger partial charge is 4.00 e. The maximum atomic E-state index is 12.3. The summed E-state index contributed by atoms with van der Waals surface area (Å²) in [5.74, 6) is 0.563. The van der Waals surface area contributed by atoms with Gasteiger partial charge in [0.25, 0.3) is 0 Å².